The van der Waals surface area contributed by atoms with Crippen LogP contribution in [0.25, 0.3) is 0 Å². The molecule has 3 rings (SSSR count). The second-order valence-electron chi connectivity index (χ2n) is 5.08. The van der Waals surface area contributed by atoms with Gasteiger partial charge in [0, 0.05) is 26.2 Å². The van der Waals surface area contributed by atoms with Crippen molar-refractivity contribution in [1.29, 1.82) is 0 Å². The van der Waals surface area contributed by atoms with Gasteiger partial charge in [0.25, 0.3) is 0 Å². The maximum Gasteiger partial charge on any atom is 0.352 e. The number of ether oxygens (including phenoxy) is 1. The van der Waals surface area contributed by atoms with Gasteiger partial charge in [0.15, 0.2) is 0 Å². The first kappa shape index (κ1) is 13.6. The molecule has 2 aromatic rings. The third-order valence-corrected chi connectivity index (χ3v) is 3.51. The number of fused-ring (bicyclic) bond motifs is 1. The number of nitrogens with zero attached hydrogens (tertiary/aromatic N) is 3. The van der Waals surface area contributed by atoms with Gasteiger partial charge in [-0.3, -0.25) is 4.57 Å². The van der Waals surface area contributed by atoms with Crippen molar-refractivity contribution >= 4 is 5.82 Å². The summed E-state index contributed by atoms with van der Waals surface area (Å²) in [5, 5.41) is 0. The molecule has 21 heavy (non-hydrogen) atoms. The van der Waals surface area contributed by atoms with Gasteiger partial charge in [0.2, 0.25) is 5.88 Å². The first-order valence-electron chi connectivity index (χ1n) is 6.84. The minimum absolute atomic E-state index is 0.178. The summed E-state index contributed by atoms with van der Waals surface area (Å²) in [6.07, 6.45) is 0.925. The Bertz CT molecular complexity index is 714. The van der Waals surface area contributed by atoms with E-state index in [0.717, 1.165) is 18.8 Å². The molecule has 110 valence electrons. The Hall–Kier alpha value is -2.37. The smallest absolute Gasteiger partial charge is 0.352 e. The van der Waals surface area contributed by atoms with Crippen LogP contribution in [0.2, 0.25) is 0 Å². The van der Waals surface area contributed by atoms with Crippen molar-refractivity contribution in [2.75, 3.05) is 18.5 Å². The van der Waals surface area contributed by atoms with Crippen LogP contribution in [-0.2, 0) is 13.2 Å². The molecular weight excluding hydrogens is 273 g/mol. The quantitative estimate of drug-likeness (QED) is 0.864. The Balaban J connectivity index is 1.82. The fraction of sp³-hybridized carbons (Fsp3) is 0.333. The highest BCUT2D eigenvalue weighted by molar-refractivity contribution is 5.42. The molecule has 2 heterocycles. The minimum atomic E-state index is -0.312. The van der Waals surface area contributed by atoms with Gasteiger partial charge >= 0.3 is 5.69 Å². The predicted octanol–water partition coefficient (Wildman–Crippen LogP) is 1.80. The SMILES string of the molecule is CN1CCCn2c1cc(OCc1cccc(F)c1)nc2=O. The molecule has 1 aromatic carbocycles. The monoisotopic (exact) mass is 289 g/mol. The molecule has 0 saturated carbocycles. The van der Waals surface area contributed by atoms with Crippen LogP contribution in [-0.4, -0.2) is 23.1 Å². The summed E-state index contributed by atoms with van der Waals surface area (Å²) in [5.74, 6) is 0.758. The van der Waals surface area contributed by atoms with Crippen LogP contribution < -0.4 is 15.3 Å². The Morgan fingerprint density at radius 1 is 1.33 bits per heavy atom. The number of rotatable bonds is 3. The summed E-state index contributed by atoms with van der Waals surface area (Å²) in [5.41, 5.74) is 0.385. The largest absolute Gasteiger partial charge is 0.473 e. The maximum atomic E-state index is 13.1. The van der Waals surface area contributed by atoms with Crippen LogP contribution in [0.15, 0.2) is 35.1 Å². The fourth-order valence-corrected chi connectivity index (χ4v) is 2.44. The molecule has 0 aliphatic carbocycles. The van der Waals surface area contributed by atoms with E-state index in [1.807, 2.05) is 11.9 Å². The van der Waals surface area contributed by atoms with Crippen molar-refractivity contribution in [2.45, 2.75) is 19.6 Å². The molecule has 1 aromatic heterocycles. The lowest BCUT2D eigenvalue weighted by Crippen LogP contribution is -2.36. The second-order valence-corrected chi connectivity index (χ2v) is 5.08. The molecule has 6 heteroatoms. The molecular formula is C15H16FN3O2. The van der Waals surface area contributed by atoms with Crippen molar-refractivity contribution in [1.82, 2.24) is 9.55 Å². The van der Waals surface area contributed by atoms with E-state index in [0.29, 0.717) is 12.1 Å². The number of halogens is 1. The lowest BCUT2D eigenvalue weighted by Gasteiger charge is -2.28. The Morgan fingerprint density at radius 3 is 3.00 bits per heavy atom. The third-order valence-electron chi connectivity index (χ3n) is 3.51. The molecule has 0 saturated heterocycles. The second kappa shape index (κ2) is 5.55. The van der Waals surface area contributed by atoms with Crippen LogP contribution in [0, 0.1) is 5.82 Å². The molecule has 0 spiro atoms. The predicted molar refractivity (Wildman–Crippen MR) is 77.1 cm³/mol. The minimum Gasteiger partial charge on any atom is -0.473 e. The van der Waals surface area contributed by atoms with Gasteiger partial charge in [0.05, 0.1) is 0 Å². The zero-order chi connectivity index (χ0) is 14.8. The van der Waals surface area contributed by atoms with Gasteiger partial charge in [0.1, 0.15) is 18.2 Å². The van der Waals surface area contributed by atoms with Gasteiger partial charge < -0.3 is 9.64 Å². The van der Waals surface area contributed by atoms with Crippen molar-refractivity contribution < 1.29 is 9.13 Å². The molecule has 0 radical (unpaired) electrons. The van der Waals surface area contributed by atoms with Gasteiger partial charge in [-0.05, 0) is 24.1 Å². The van der Waals surface area contributed by atoms with Crippen molar-refractivity contribution in [3.63, 3.8) is 0 Å². The Kier molecular flexibility index (Phi) is 3.60. The average molecular weight is 289 g/mol. The number of anilines is 1. The van der Waals surface area contributed by atoms with Gasteiger partial charge in [-0.2, -0.15) is 4.98 Å². The molecule has 0 unspecified atom stereocenters. The summed E-state index contributed by atoms with van der Waals surface area (Å²) in [7, 11) is 1.93. The molecule has 1 aliphatic rings. The fourth-order valence-electron chi connectivity index (χ4n) is 2.44. The Morgan fingerprint density at radius 2 is 2.19 bits per heavy atom. The van der Waals surface area contributed by atoms with E-state index in [2.05, 4.69) is 4.98 Å². The zero-order valence-corrected chi connectivity index (χ0v) is 11.8. The van der Waals surface area contributed by atoms with Crippen LogP contribution >= 0.6 is 0 Å². The maximum absolute atomic E-state index is 13.1. The highest BCUT2D eigenvalue weighted by atomic mass is 19.1. The zero-order valence-electron chi connectivity index (χ0n) is 11.8. The highest BCUT2D eigenvalue weighted by Gasteiger charge is 2.16. The van der Waals surface area contributed by atoms with Gasteiger partial charge in [-0.25, -0.2) is 9.18 Å². The summed E-state index contributed by atoms with van der Waals surface area (Å²) >= 11 is 0. The van der Waals surface area contributed by atoms with E-state index in [-0.39, 0.29) is 24.0 Å². The molecule has 0 bridgehead atoms. The van der Waals surface area contributed by atoms with E-state index in [4.69, 9.17) is 4.74 Å². The van der Waals surface area contributed by atoms with Gasteiger partial charge in [-0.1, -0.05) is 12.1 Å². The highest BCUT2D eigenvalue weighted by Crippen LogP contribution is 2.20. The normalized spacial score (nSPS) is 13.9. The van der Waals surface area contributed by atoms with E-state index in [9.17, 15) is 9.18 Å². The van der Waals surface area contributed by atoms with Crippen LogP contribution in [0.3, 0.4) is 0 Å². The molecule has 1 aliphatic heterocycles. The summed E-state index contributed by atoms with van der Waals surface area (Å²) in [6, 6.07) is 7.91. The molecule has 0 N–H and O–H groups in total. The van der Waals surface area contributed by atoms with E-state index < -0.39 is 0 Å². The number of hydrogen-bond acceptors (Lipinski definition) is 4. The molecule has 0 atom stereocenters. The van der Waals surface area contributed by atoms with E-state index in [1.54, 1.807) is 22.8 Å². The summed E-state index contributed by atoms with van der Waals surface area (Å²) in [6.45, 7) is 1.75. The summed E-state index contributed by atoms with van der Waals surface area (Å²) in [4.78, 5) is 17.9. The molecule has 0 fully saturated rings. The standard InChI is InChI=1S/C15H16FN3O2/c1-18-6-3-7-19-14(18)9-13(17-15(19)20)21-10-11-4-2-5-12(16)8-11/h2,4-5,8-9H,3,6-7,10H2,1H3. The summed E-state index contributed by atoms with van der Waals surface area (Å²) < 4.78 is 20.3. The molecule has 0 amide bonds. The van der Waals surface area contributed by atoms with Crippen molar-refractivity contribution in [2.24, 2.45) is 0 Å². The average Bonchev–Trinajstić information content (AvgIpc) is 2.46. The van der Waals surface area contributed by atoms with Crippen LogP contribution in [0.1, 0.15) is 12.0 Å². The number of hydrogen-bond donors (Lipinski definition) is 0. The first-order chi connectivity index (χ1) is 10.1. The van der Waals surface area contributed by atoms with Crippen LogP contribution in [0.4, 0.5) is 10.2 Å². The van der Waals surface area contributed by atoms with E-state index in [1.165, 1.54) is 12.1 Å². The molecule has 5 nitrogen and oxygen atoms in total. The van der Waals surface area contributed by atoms with E-state index >= 15 is 0 Å². The van der Waals surface area contributed by atoms with Crippen molar-refractivity contribution in [3.05, 3.63) is 52.2 Å². The first-order valence-corrected chi connectivity index (χ1v) is 6.84. The lowest BCUT2D eigenvalue weighted by atomic mass is 10.2. The number of benzene rings is 1. The van der Waals surface area contributed by atoms with Crippen molar-refractivity contribution in [3.8, 4) is 5.88 Å². The third kappa shape index (κ3) is 2.89. The number of aromatic nitrogens is 2. The Labute approximate surface area is 121 Å². The van der Waals surface area contributed by atoms with Gasteiger partial charge in [-0.15, -0.1) is 0 Å². The topological polar surface area (TPSA) is 47.4 Å². The van der Waals surface area contributed by atoms with Crippen LogP contribution in [0.5, 0.6) is 5.88 Å². The lowest BCUT2D eigenvalue weighted by molar-refractivity contribution is 0.290.